The smallest absolute Gasteiger partial charge is 0.265 e. The highest BCUT2D eigenvalue weighted by Gasteiger charge is 2.31. The number of nitrogens with one attached hydrogen (secondary N) is 1. The largest absolute Gasteiger partial charge is 0.497 e. The maximum absolute atomic E-state index is 13.9. The zero-order valence-corrected chi connectivity index (χ0v) is 23.8. The molecule has 210 valence electrons. The molecule has 11 heteroatoms. The molecule has 0 unspecified atom stereocenters. The highest BCUT2D eigenvalue weighted by Crippen LogP contribution is 2.37. The second-order valence-corrected chi connectivity index (χ2v) is 10.4. The molecule has 0 spiro atoms. The number of ether oxygens (including phenoxy) is 5. The number of carbonyl (C=O) groups excluding carboxylic acids is 1. The average molecular weight is 559 g/mol. The molecule has 0 saturated carbocycles. The Bertz CT molecular complexity index is 1410. The van der Waals surface area contributed by atoms with E-state index in [9.17, 15) is 13.2 Å². The third-order valence-electron chi connectivity index (χ3n) is 6.06. The molecule has 39 heavy (non-hydrogen) atoms. The van der Waals surface area contributed by atoms with Crippen LogP contribution in [0.4, 0.5) is 5.69 Å². The van der Waals surface area contributed by atoms with Crippen LogP contribution in [0.1, 0.15) is 11.1 Å². The van der Waals surface area contributed by atoms with E-state index in [0.29, 0.717) is 17.2 Å². The molecule has 3 rings (SSSR count). The number of carbonyl (C=O) groups is 1. The highest BCUT2D eigenvalue weighted by atomic mass is 32.2. The molecule has 1 amide bonds. The van der Waals surface area contributed by atoms with E-state index >= 15 is 0 Å². The first-order valence-electron chi connectivity index (χ1n) is 12.1. The Balaban J connectivity index is 1.87. The number of benzene rings is 3. The van der Waals surface area contributed by atoms with Gasteiger partial charge in [0.2, 0.25) is 5.91 Å². The summed E-state index contributed by atoms with van der Waals surface area (Å²) in [5.74, 6) is 1.37. The summed E-state index contributed by atoms with van der Waals surface area (Å²) in [6.07, 6.45) is 0. The number of rotatable bonds is 13. The molecule has 3 aromatic rings. The molecule has 3 aromatic carbocycles. The molecule has 10 nitrogen and oxygen atoms in total. The second kappa shape index (κ2) is 13.1. The summed E-state index contributed by atoms with van der Waals surface area (Å²) >= 11 is 0. The van der Waals surface area contributed by atoms with Crippen molar-refractivity contribution in [2.45, 2.75) is 18.7 Å². The lowest BCUT2D eigenvalue weighted by Gasteiger charge is -2.26. The fraction of sp³-hybridized carbons (Fsp3) is 0.321. The Morgan fingerprint density at radius 2 is 1.44 bits per heavy atom. The fourth-order valence-corrected chi connectivity index (χ4v) is 5.18. The first-order chi connectivity index (χ1) is 18.6. The van der Waals surface area contributed by atoms with Crippen LogP contribution in [0.15, 0.2) is 59.5 Å². The number of hydrogen-bond acceptors (Lipinski definition) is 8. The van der Waals surface area contributed by atoms with Crippen molar-refractivity contribution in [1.29, 1.82) is 0 Å². The van der Waals surface area contributed by atoms with Crippen LogP contribution in [-0.4, -0.2) is 62.5 Å². The van der Waals surface area contributed by atoms with E-state index in [1.54, 1.807) is 12.1 Å². The monoisotopic (exact) mass is 558 g/mol. The molecule has 0 aliphatic heterocycles. The van der Waals surface area contributed by atoms with Gasteiger partial charge in [0, 0.05) is 12.1 Å². The molecule has 0 aliphatic carbocycles. The van der Waals surface area contributed by atoms with Gasteiger partial charge in [0.1, 0.15) is 30.4 Å². The summed E-state index contributed by atoms with van der Waals surface area (Å²) in [6.45, 7) is 3.86. The molecule has 0 fully saturated rings. The van der Waals surface area contributed by atoms with Gasteiger partial charge in [0.25, 0.3) is 10.0 Å². The van der Waals surface area contributed by atoms with E-state index in [-0.39, 0.29) is 35.2 Å². The predicted octanol–water partition coefficient (Wildman–Crippen LogP) is 3.73. The van der Waals surface area contributed by atoms with Gasteiger partial charge in [-0.15, -0.1) is 0 Å². The normalized spacial score (nSPS) is 10.9. The summed E-state index contributed by atoms with van der Waals surface area (Å²) in [5.41, 5.74) is 2.38. The van der Waals surface area contributed by atoms with Crippen LogP contribution in [0.2, 0.25) is 0 Å². The number of aryl methyl sites for hydroxylation is 2. The van der Waals surface area contributed by atoms with Crippen molar-refractivity contribution >= 4 is 21.6 Å². The van der Waals surface area contributed by atoms with Gasteiger partial charge >= 0.3 is 0 Å². The molecule has 0 heterocycles. The lowest BCUT2D eigenvalue weighted by molar-refractivity contribution is -0.119. The van der Waals surface area contributed by atoms with Crippen molar-refractivity contribution in [3.63, 3.8) is 0 Å². The quantitative estimate of drug-likeness (QED) is 0.316. The van der Waals surface area contributed by atoms with E-state index in [1.165, 1.54) is 52.7 Å². The van der Waals surface area contributed by atoms with Gasteiger partial charge in [-0.3, -0.25) is 9.10 Å². The molecular formula is C28H34N2O8S. The van der Waals surface area contributed by atoms with Gasteiger partial charge in [-0.25, -0.2) is 8.42 Å². The van der Waals surface area contributed by atoms with Gasteiger partial charge in [-0.05, 0) is 61.4 Å². The molecule has 1 N–H and O–H groups in total. The highest BCUT2D eigenvalue weighted by molar-refractivity contribution is 7.92. The SMILES string of the molecule is COc1ccc(OC)c(N(CC(=O)NCCOc2ccc(C)c(C)c2)S(=O)(=O)c2ccc(OC)c(OC)c2)c1. The van der Waals surface area contributed by atoms with Crippen molar-refractivity contribution in [3.8, 4) is 28.7 Å². The van der Waals surface area contributed by atoms with Crippen molar-refractivity contribution in [2.75, 3.05) is 52.4 Å². The zero-order chi connectivity index (χ0) is 28.6. The summed E-state index contributed by atoms with van der Waals surface area (Å²) in [4.78, 5) is 12.9. The standard InChI is InChI=1S/C28H34N2O8S/c1-19-7-8-22(15-20(19)2)38-14-13-29-28(31)18-30(24-16-21(34-3)9-11-25(24)35-4)39(32,33)23-10-12-26(36-5)27(17-23)37-6/h7-12,15-17H,13-14,18H2,1-6H3,(H,29,31). The van der Waals surface area contributed by atoms with Gasteiger partial charge in [0.05, 0.1) is 45.6 Å². The third-order valence-corrected chi connectivity index (χ3v) is 7.81. The first kappa shape index (κ1) is 29.4. The molecule has 0 saturated heterocycles. The van der Waals surface area contributed by atoms with E-state index in [2.05, 4.69) is 5.32 Å². The summed E-state index contributed by atoms with van der Waals surface area (Å²) in [7, 11) is 1.46. The Hall–Kier alpha value is -4.12. The minimum absolute atomic E-state index is 0.101. The average Bonchev–Trinajstić information content (AvgIpc) is 2.94. The number of anilines is 1. The summed E-state index contributed by atoms with van der Waals surface area (Å²) in [6, 6.07) is 14.6. The van der Waals surface area contributed by atoms with E-state index in [1.807, 2.05) is 32.0 Å². The predicted molar refractivity (Wildman–Crippen MR) is 148 cm³/mol. The van der Waals surface area contributed by atoms with Crippen molar-refractivity contribution in [3.05, 3.63) is 65.7 Å². The minimum atomic E-state index is -4.28. The lowest BCUT2D eigenvalue weighted by Crippen LogP contribution is -2.42. The molecule has 0 aromatic heterocycles. The lowest BCUT2D eigenvalue weighted by atomic mass is 10.1. The summed E-state index contributed by atoms with van der Waals surface area (Å²) in [5, 5.41) is 2.72. The van der Waals surface area contributed by atoms with Crippen molar-refractivity contribution in [1.82, 2.24) is 5.32 Å². The molecule has 0 radical (unpaired) electrons. The zero-order valence-electron chi connectivity index (χ0n) is 22.9. The number of hydrogen-bond donors (Lipinski definition) is 1. The van der Waals surface area contributed by atoms with Crippen LogP contribution in [-0.2, 0) is 14.8 Å². The minimum Gasteiger partial charge on any atom is -0.497 e. The van der Waals surface area contributed by atoms with Crippen LogP contribution in [0, 0.1) is 13.8 Å². The Morgan fingerprint density at radius 1 is 0.769 bits per heavy atom. The van der Waals surface area contributed by atoms with Crippen molar-refractivity contribution < 1.29 is 36.9 Å². The van der Waals surface area contributed by atoms with Gasteiger partial charge in [-0.2, -0.15) is 0 Å². The first-order valence-corrected chi connectivity index (χ1v) is 13.5. The Labute approximate surface area is 229 Å². The molecular weight excluding hydrogens is 524 g/mol. The van der Waals surface area contributed by atoms with Crippen molar-refractivity contribution in [2.24, 2.45) is 0 Å². The Kier molecular flexibility index (Phi) is 9.89. The van der Waals surface area contributed by atoms with Crippen LogP contribution in [0.3, 0.4) is 0 Å². The third kappa shape index (κ3) is 7.05. The number of nitrogens with zero attached hydrogens (tertiary/aromatic N) is 1. The van der Waals surface area contributed by atoms with Crippen LogP contribution < -0.4 is 33.3 Å². The molecule has 0 aliphatic rings. The fourth-order valence-electron chi connectivity index (χ4n) is 3.74. The maximum atomic E-state index is 13.9. The number of sulfonamides is 1. The van der Waals surface area contributed by atoms with Gasteiger partial charge < -0.3 is 29.0 Å². The topological polar surface area (TPSA) is 113 Å². The molecule has 0 atom stereocenters. The van der Waals surface area contributed by atoms with Crippen LogP contribution in [0.5, 0.6) is 28.7 Å². The Morgan fingerprint density at radius 3 is 2.08 bits per heavy atom. The van der Waals surface area contributed by atoms with E-state index < -0.39 is 22.5 Å². The number of methoxy groups -OCH3 is 4. The maximum Gasteiger partial charge on any atom is 0.265 e. The van der Waals surface area contributed by atoms with Crippen LogP contribution in [0.25, 0.3) is 0 Å². The summed E-state index contributed by atoms with van der Waals surface area (Å²) < 4.78 is 55.8. The second-order valence-electron chi connectivity index (χ2n) is 8.51. The van der Waals surface area contributed by atoms with E-state index in [0.717, 1.165) is 15.4 Å². The molecule has 0 bridgehead atoms. The van der Waals surface area contributed by atoms with Gasteiger partial charge in [-0.1, -0.05) is 6.07 Å². The van der Waals surface area contributed by atoms with E-state index in [4.69, 9.17) is 23.7 Å². The van der Waals surface area contributed by atoms with Crippen LogP contribution >= 0.6 is 0 Å². The number of amides is 1. The van der Waals surface area contributed by atoms with Gasteiger partial charge in [0.15, 0.2) is 11.5 Å².